The summed E-state index contributed by atoms with van der Waals surface area (Å²) < 4.78 is 1.78. The second-order valence-electron chi connectivity index (χ2n) is 7.33. The van der Waals surface area contributed by atoms with Gasteiger partial charge in [0.15, 0.2) is 0 Å². The number of rotatable bonds is 6. The van der Waals surface area contributed by atoms with E-state index >= 15 is 0 Å². The van der Waals surface area contributed by atoms with Crippen molar-refractivity contribution in [3.05, 3.63) is 45.9 Å². The molecular weight excluding hydrogens is 408 g/mol. The summed E-state index contributed by atoms with van der Waals surface area (Å²) in [5.41, 5.74) is 1.62. The van der Waals surface area contributed by atoms with E-state index in [1.165, 1.54) is 24.2 Å². The fourth-order valence-corrected chi connectivity index (χ4v) is 5.00. The van der Waals surface area contributed by atoms with Gasteiger partial charge in [0.1, 0.15) is 4.83 Å². The highest BCUT2D eigenvalue weighted by molar-refractivity contribution is 7.20. The number of benzene rings is 1. The molecule has 1 aliphatic rings. The number of nitrogens with one attached hydrogen (secondary N) is 2. The third kappa shape index (κ3) is 4.31. The number of aryl methyl sites for hydroxylation is 1. The van der Waals surface area contributed by atoms with Crippen molar-refractivity contribution in [1.29, 1.82) is 0 Å². The van der Waals surface area contributed by atoms with Crippen molar-refractivity contribution in [3.8, 4) is 5.69 Å². The van der Waals surface area contributed by atoms with Gasteiger partial charge in [-0.05, 0) is 38.0 Å². The van der Waals surface area contributed by atoms with Crippen LogP contribution in [-0.4, -0.2) is 34.2 Å². The van der Waals surface area contributed by atoms with Gasteiger partial charge >= 0.3 is 0 Å². The van der Waals surface area contributed by atoms with Crippen LogP contribution in [-0.2, 0) is 4.79 Å². The summed E-state index contributed by atoms with van der Waals surface area (Å²) in [6.07, 6.45) is 4.76. The monoisotopic (exact) mass is 430 g/mol. The number of fused-ring (bicyclic) bond motifs is 1. The highest BCUT2D eigenvalue weighted by Gasteiger charge is 2.19. The van der Waals surface area contributed by atoms with Crippen molar-refractivity contribution in [2.45, 2.75) is 45.1 Å². The number of aromatic nitrogens is 2. The first-order valence-corrected chi connectivity index (χ1v) is 11.0. The molecular formula is C21H23ClN4O2S. The molecule has 4 rings (SSSR count). The van der Waals surface area contributed by atoms with Gasteiger partial charge < -0.3 is 10.6 Å². The summed E-state index contributed by atoms with van der Waals surface area (Å²) in [5.74, 6) is -0.177. The third-order valence-corrected chi connectivity index (χ3v) is 6.64. The molecule has 2 amide bonds. The average Bonchev–Trinajstić information content (AvgIpc) is 3.41. The summed E-state index contributed by atoms with van der Waals surface area (Å²) in [7, 11) is 0. The summed E-state index contributed by atoms with van der Waals surface area (Å²) in [6, 6.07) is 9.64. The van der Waals surface area contributed by atoms with E-state index in [-0.39, 0.29) is 11.8 Å². The molecule has 6 nitrogen and oxygen atoms in total. The van der Waals surface area contributed by atoms with Crippen molar-refractivity contribution < 1.29 is 9.59 Å². The molecule has 0 radical (unpaired) electrons. The average molecular weight is 431 g/mol. The molecule has 0 saturated heterocycles. The first kappa shape index (κ1) is 19.9. The van der Waals surface area contributed by atoms with Crippen LogP contribution in [0.25, 0.3) is 15.9 Å². The predicted octanol–water partition coefficient (Wildman–Crippen LogP) is 4.23. The Morgan fingerprint density at radius 3 is 2.79 bits per heavy atom. The smallest absolute Gasteiger partial charge is 0.261 e. The van der Waals surface area contributed by atoms with E-state index in [1.807, 2.05) is 37.3 Å². The van der Waals surface area contributed by atoms with Crippen LogP contribution in [0.4, 0.5) is 0 Å². The van der Waals surface area contributed by atoms with E-state index in [0.29, 0.717) is 28.9 Å². The predicted molar refractivity (Wildman–Crippen MR) is 116 cm³/mol. The highest BCUT2D eigenvalue weighted by atomic mass is 35.5. The Balaban J connectivity index is 1.43. The maximum atomic E-state index is 12.6. The van der Waals surface area contributed by atoms with Crippen molar-refractivity contribution in [1.82, 2.24) is 20.4 Å². The van der Waals surface area contributed by atoms with E-state index in [9.17, 15) is 9.59 Å². The van der Waals surface area contributed by atoms with Crippen molar-refractivity contribution in [2.24, 2.45) is 0 Å². The van der Waals surface area contributed by atoms with Gasteiger partial charge in [-0.1, -0.05) is 36.6 Å². The number of para-hydroxylation sites is 1. The highest BCUT2D eigenvalue weighted by Crippen LogP contribution is 2.32. The van der Waals surface area contributed by atoms with Gasteiger partial charge in [-0.2, -0.15) is 5.10 Å². The molecule has 2 aromatic heterocycles. The molecule has 1 aromatic carbocycles. The molecule has 0 spiro atoms. The topological polar surface area (TPSA) is 76.0 Å². The molecule has 1 aliphatic carbocycles. The minimum atomic E-state index is -0.176. The fourth-order valence-electron chi connectivity index (χ4n) is 3.69. The molecule has 1 saturated carbocycles. The molecule has 29 heavy (non-hydrogen) atoms. The summed E-state index contributed by atoms with van der Waals surface area (Å²) >= 11 is 7.69. The van der Waals surface area contributed by atoms with Gasteiger partial charge in [-0.25, -0.2) is 4.68 Å². The lowest BCUT2D eigenvalue weighted by Crippen LogP contribution is -2.35. The van der Waals surface area contributed by atoms with E-state index in [2.05, 4.69) is 15.7 Å². The number of nitrogens with zero attached hydrogens (tertiary/aromatic N) is 2. The lowest BCUT2D eigenvalue weighted by molar-refractivity contribution is -0.121. The van der Waals surface area contributed by atoms with Crippen LogP contribution in [0.15, 0.2) is 30.3 Å². The molecule has 0 aliphatic heterocycles. The van der Waals surface area contributed by atoms with Crippen LogP contribution >= 0.6 is 22.9 Å². The van der Waals surface area contributed by atoms with E-state index < -0.39 is 0 Å². The Kier molecular flexibility index (Phi) is 5.87. The molecule has 0 bridgehead atoms. The van der Waals surface area contributed by atoms with E-state index in [1.54, 1.807) is 4.68 Å². The minimum Gasteiger partial charge on any atom is -0.353 e. The van der Waals surface area contributed by atoms with Crippen LogP contribution in [0.2, 0.25) is 5.02 Å². The standard InChI is InChI=1S/C21H23ClN4O2S/c1-13-15-12-18(20(28)23-11-10-19(27)24-14-6-2-3-7-14)29-21(15)26(25-13)17-9-5-4-8-16(17)22/h4-5,8-9,12,14H,2-3,6-7,10-11H2,1H3,(H,23,28)(H,24,27). The number of amides is 2. The third-order valence-electron chi connectivity index (χ3n) is 5.21. The zero-order valence-corrected chi connectivity index (χ0v) is 17.8. The van der Waals surface area contributed by atoms with Gasteiger partial charge in [0.05, 0.1) is 21.3 Å². The lowest BCUT2D eigenvalue weighted by Gasteiger charge is -2.11. The van der Waals surface area contributed by atoms with Gasteiger partial charge in [-0.3, -0.25) is 9.59 Å². The van der Waals surface area contributed by atoms with E-state index in [0.717, 1.165) is 34.4 Å². The molecule has 1 fully saturated rings. The normalized spacial score (nSPS) is 14.4. The number of thiophene rings is 1. The second kappa shape index (κ2) is 8.55. The number of halogens is 1. The summed E-state index contributed by atoms with van der Waals surface area (Å²) in [6.45, 7) is 2.23. The summed E-state index contributed by atoms with van der Waals surface area (Å²) in [5, 5.41) is 12.0. The molecule has 0 atom stereocenters. The maximum absolute atomic E-state index is 12.6. The molecule has 3 aromatic rings. The van der Waals surface area contributed by atoms with E-state index in [4.69, 9.17) is 11.6 Å². The quantitative estimate of drug-likeness (QED) is 0.614. The lowest BCUT2D eigenvalue weighted by atomic mass is 10.2. The van der Waals surface area contributed by atoms with Gasteiger partial charge in [0.2, 0.25) is 5.91 Å². The number of hydrogen-bond donors (Lipinski definition) is 2. The largest absolute Gasteiger partial charge is 0.353 e. The van der Waals surface area contributed by atoms with Crippen LogP contribution in [0.5, 0.6) is 0 Å². The maximum Gasteiger partial charge on any atom is 0.261 e. The zero-order chi connectivity index (χ0) is 20.4. The Morgan fingerprint density at radius 1 is 1.28 bits per heavy atom. The number of carbonyl (C=O) groups is 2. The minimum absolute atomic E-state index is 0.00116. The molecule has 152 valence electrons. The number of carbonyl (C=O) groups excluding carboxylic acids is 2. The Labute approximate surface area is 178 Å². The van der Waals surface area contributed by atoms with Crippen LogP contribution in [0.1, 0.15) is 47.5 Å². The van der Waals surface area contributed by atoms with Gasteiger partial charge in [0, 0.05) is 24.4 Å². The molecule has 0 unspecified atom stereocenters. The molecule has 2 heterocycles. The fraction of sp³-hybridized carbons (Fsp3) is 0.381. The Bertz CT molecular complexity index is 1050. The number of hydrogen-bond acceptors (Lipinski definition) is 4. The first-order valence-electron chi connectivity index (χ1n) is 9.84. The van der Waals surface area contributed by atoms with Crippen LogP contribution < -0.4 is 10.6 Å². The second-order valence-corrected chi connectivity index (χ2v) is 8.77. The molecule has 2 N–H and O–H groups in total. The molecule has 8 heteroatoms. The SMILES string of the molecule is Cc1nn(-c2ccccc2Cl)c2sc(C(=O)NCCC(=O)NC3CCCC3)cc12. The Hall–Kier alpha value is -2.38. The van der Waals surface area contributed by atoms with Crippen LogP contribution in [0.3, 0.4) is 0 Å². The van der Waals surface area contributed by atoms with Gasteiger partial charge in [0.25, 0.3) is 5.91 Å². The zero-order valence-electron chi connectivity index (χ0n) is 16.2. The van der Waals surface area contributed by atoms with Crippen molar-refractivity contribution >= 4 is 45.0 Å². The Morgan fingerprint density at radius 2 is 2.03 bits per heavy atom. The van der Waals surface area contributed by atoms with Crippen molar-refractivity contribution in [3.63, 3.8) is 0 Å². The van der Waals surface area contributed by atoms with Crippen LogP contribution in [0, 0.1) is 6.92 Å². The van der Waals surface area contributed by atoms with Crippen molar-refractivity contribution in [2.75, 3.05) is 6.54 Å². The van der Waals surface area contributed by atoms with Gasteiger partial charge in [-0.15, -0.1) is 11.3 Å². The summed E-state index contributed by atoms with van der Waals surface area (Å²) in [4.78, 5) is 26.1. The first-order chi connectivity index (χ1) is 14.0.